The maximum Gasteiger partial charge on any atom is 0.244 e. The molecule has 0 saturated carbocycles. The van der Waals surface area contributed by atoms with E-state index in [2.05, 4.69) is 5.32 Å². The fourth-order valence-electron chi connectivity index (χ4n) is 3.70. The van der Waals surface area contributed by atoms with Crippen molar-refractivity contribution in [2.24, 2.45) is 0 Å². The largest absolute Gasteiger partial charge is 0.355 e. The van der Waals surface area contributed by atoms with Crippen molar-refractivity contribution < 1.29 is 18.0 Å². The fourth-order valence-corrected chi connectivity index (χ4v) is 4.55. The van der Waals surface area contributed by atoms with E-state index in [4.69, 9.17) is 0 Å². The molecular formula is C25H35N3O4S. The molecule has 2 rings (SSSR count). The number of hydrogen-bond acceptors (Lipinski definition) is 4. The van der Waals surface area contributed by atoms with E-state index in [9.17, 15) is 18.0 Å². The summed E-state index contributed by atoms with van der Waals surface area (Å²) in [7, 11) is -3.71. The van der Waals surface area contributed by atoms with Gasteiger partial charge in [0.1, 0.15) is 12.6 Å². The molecule has 0 radical (unpaired) electrons. The van der Waals surface area contributed by atoms with Gasteiger partial charge in [-0.25, -0.2) is 8.42 Å². The summed E-state index contributed by atoms with van der Waals surface area (Å²) in [5.41, 5.74) is 2.54. The van der Waals surface area contributed by atoms with Crippen molar-refractivity contribution in [2.45, 2.75) is 46.1 Å². The summed E-state index contributed by atoms with van der Waals surface area (Å²) in [6.07, 6.45) is 2.91. The third-order valence-electron chi connectivity index (χ3n) is 5.53. The minimum absolute atomic E-state index is 0.236. The van der Waals surface area contributed by atoms with E-state index in [1.165, 1.54) is 4.90 Å². The van der Waals surface area contributed by atoms with Gasteiger partial charge in [-0.15, -0.1) is 0 Å². The van der Waals surface area contributed by atoms with Gasteiger partial charge in [0, 0.05) is 13.1 Å². The average molecular weight is 474 g/mol. The molecule has 7 nitrogen and oxygen atoms in total. The molecule has 0 saturated heterocycles. The Bertz CT molecular complexity index is 1010. The molecule has 8 heteroatoms. The summed E-state index contributed by atoms with van der Waals surface area (Å²) in [6, 6.07) is 16.2. The van der Waals surface area contributed by atoms with Crippen molar-refractivity contribution in [1.82, 2.24) is 10.2 Å². The first kappa shape index (κ1) is 26.4. The lowest BCUT2D eigenvalue weighted by atomic mass is 10.1. The number of benzene rings is 2. The number of likely N-dealkylation sites (N-methyl/N-ethyl adjacent to an activating group) is 1. The maximum atomic E-state index is 13.5. The van der Waals surface area contributed by atoms with Gasteiger partial charge in [0.25, 0.3) is 0 Å². The molecule has 2 aromatic rings. The summed E-state index contributed by atoms with van der Waals surface area (Å²) in [5.74, 6) is -0.645. The van der Waals surface area contributed by atoms with Crippen LogP contribution in [0.4, 0.5) is 5.69 Å². The van der Waals surface area contributed by atoms with E-state index in [0.29, 0.717) is 31.6 Å². The fraction of sp³-hybridized carbons (Fsp3) is 0.440. The van der Waals surface area contributed by atoms with Gasteiger partial charge < -0.3 is 10.2 Å². The zero-order valence-electron chi connectivity index (χ0n) is 20.0. The van der Waals surface area contributed by atoms with Gasteiger partial charge in [0.2, 0.25) is 21.8 Å². The molecule has 0 aliphatic carbocycles. The van der Waals surface area contributed by atoms with Gasteiger partial charge >= 0.3 is 0 Å². The van der Waals surface area contributed by atoms with Crippen LogP contribution in [-0.2, 0) is 32.5 Å². The molecule has 0 aliphatic rings. The van der Waals surface area contributed by atoms with Gasteiger partial charge in [-0.05, 0) is 49.4 Å². The highest BCUT2D eigenvalue weighted by Gasteiger charge is 2.31. The molecule has 2 aromatic carbocycles. The van der Waals surface area contributed by atoms with Crippen LogP contribution in [0.5, 0.6) is 0 Å². The lowest BCUT2D eigenvalue weighted by Gasteiger charge is -2.32. The molecule has 1 atom stereocenters. The third-order valence-corrected chi connectivity index (χ3v) is 6.67. The van der Waals surface area contributed by atoms with E-state index in [-0.39, 0.29) is 12.5 Å². The number of aryl methyl sites for hydroxylation is 1. The number of rotatable bonds is 12. The Morgan fingerprint density at radius 3 is 2.09 bits per heavy atom. The van der Waals surface area contributed by atoms with Gasteiger partial charge in [-0.3, -0.25) is 13.9 Å². The maximum absolute atomic E-state index is 13.5. The van der Waals surface area contributed by atoms with Gasteiger partial charge in [0.15, 0.2) is 0 Å². The Hall–Kier alpha value is -2.87. The summed E-state index contributed by atoms with van der Waals surface area (Å²) >= 11 is 0. The zero-order valence-corrected chi connectivity index (χ0v) is 20.8. The van der Waals surface area contributed by atoms with Crippen molar-refractivity contribution in [1.29, 1.82) is 0 Å². The quantitative estimate of drug-likeness (QED) is 0.513. The van der Waals surface area contributed by atoms with Crippen molar-refractivity contribution in [3.63, 3.8) is 0 Å². The molecule has 33 heavy (non-hydrogen) atoms. The molecule has 180 valence electrons. The van der Waals surface area contributed by atoms with E-state index in [1.807, 2.05) is 63.2 Å². The Labute approximate surface area is 197 Å². The standard InChI is InChI=1S/C25H35N3O4S/c1-5-20-13-15-22(16-14-20)28(33(4,31)32)19-24(29)27(23(6-2)25(30)26-7-3)18-17-21-11-9-8-10-12-21/h8-16,23H,5-7,17-19H2,1-4H3,(H,26,30)/t23-/m0/s1. The second-order valence-electron chi connectivity index (χ2n) is 7.93. The second-order valence-corrected chi connectivity index (χ2v) is 9.84. The average Bonchev–Trinajstić information content (AvgIpc) is 2.80. The molecule has 2 amide bonds. The number of hydrogen-bond donors (Lipinski definition) is 1. The summed E-state index contributed by atoms with van der Waals surface area (Å²) in [5, 5.41) is 2.79. The van der Waals surface area contributed by atoms with Crippen molar-refractivity contribution in [2.75, 3.05) is 30.2 Å². The van der Waals surface area contributed by atoms with Crippen molar-refractivity contribution in [3.8, 4) is 0 Å². The van der Waals surface area contributed by atoms with Crippen LogP contribution in [0.25, 0.3) is 0 Å². The number of sulfonamides is 1. The van der Waals surface area contributed by atoms with Gasteiger partial charge in [-0.1, -0.05) is 56.3 Å². The van der Waals surface area contributed by atoms with E-state index < -0.39 is 22.0 Å². The van der Waals surface area contributed by atoms with Crippen LogP contribution in [0.15, 0.2) is 54.6 Å². The van der Waals surface area contributed by atoms with Gasteiger partial charge in [0.05, 0.1) is 11.9 Å². The monoisotopic (exact) mass is 473 g/mol. The molecule has 0 unspecified atom stereocenters. The Morgan fingerprint density at radius 2 is 1.58 bits per heavy atom. The third kappa shape index (κ3) is 7.60. The summed E-state index contributed by atoms with van der Waals surface area (Å²) in [6.45, 7) is 6.09. The first-order chi connectivity index (χ1) is 15.7. The van der Waals surface area contributed by atoms with Crippen LogP contribution in [0.1, 0.15) is 38.3 Å². The molecule has 0 aliphatic heterocycles. The molecule has 0 heterocycles. The topological polar surface area (TPSA) is 86.8 Å². The van der Waals surface area contributed by atoms with Crippen molar-refractivity contribution >= 4 is 27.5 Å². The minimum atomic E-state index is -3.71. The van der Waals surface area contributed by atoms with Crippen molar-refractivity contribution in [3.05, 3.63) is 65.7 Å². The summed E-state index contributed by atoms with van der Waals surface area (Å²) < 4.78 is 26.3. The van der Waals surface area contributed by atoms with Gasteiger partial charge in [-0.2, -0.15) is 0 Å². The smallest absolute Gasteiger partial charge is 0.244 e. The molecule has 0 bridgehead atoms. The van der Waals surface area contributed by atoms with Crippen LogP contribution in [0.3, 0.4) is 0 Å². The highest BCUT2D eigenvalue weighted by molar-refractivity contribution is 7.92. The molecular weight excluding hydrogens is 438 g/mol. The minimum Gasteiger partial charge on any atom is -0.355 e. The first-order valence-corrected chi connectivity index (χ1v) is 13.2. The highest BCUT2D eigenvalue weighted by Crippen LogP contribution is 2.20. The number of carbonyl (C=O) groups is 2. The van der Waals surface area contributed by atoms with E-state index in [1.54, 1.807) is 12.1 Å². The lowest BCUT2D eigenvalue weighted by Crippen LogP contribution is -2.53. The Kier molecular flexibility index (Phi) is 9.91. The second kappa shape index (κ2) is 12.4. The van der Waals surface area contributed by atoms with E-state index >= 15 is 0 Å². The van der Waals surface area contributed by atoms with Crippen LogP contribution in [0, 0.1) is 0 Å². The normalized spacial score (nSPS) is 12.1. The summed E-state index contributed by atoms with van der Waals surface area (Å²) in [4.78, 5) is 27.7. The predicted molar refractivity (Wildman–Crippen MR) is 133 cm³/mol. The first-order valence-electron chi connectivity index (χ1n) is 11.4. The molecule has 1 N–H and O–H groups in total. The molecule has 0 spiro atoms. The molecule has 0 aromatic heterocycles. The lowest BCUT2D eigenvalue weighted by molar-refractivity contribution is -0.139. The van der Waals surface area contributed by atoms with Crippen LogP contribution in [-0.4, -0.2) is 57.1 Å². The number of anilines is 1. The Balaban J connectivity index is 2.33. The molecule has 0 fully saturated rings. The predicted octanol–water partition coefficient (Wildman–Crippen LogP) is 3.00. The van der Waals surface area contributed by atoms with Crippen LogP contribution >= 0.6 is 0 Å². The number of carbonyl (C=O) groups excluding carboxylic acids is 2. The SMILES string of the molecule is CCNC(=O)[C@H](CC)N(CCc1ccccc1)C(=O)CN(c1ccc(CC)cc1)S(C)(=O)=O. The number of nitrogens with one attached hydrogen (secondary N) is 1. The Morgan fingerprint density at radius 1 is 0.939 bits per heavy atom. The highest BCUT2D eigenvalue weighted by atomic mass is 32.2. The zero-order chi connectivity index (χ0) is 24.4. The number of amides is 2. The van der Waals surface area contributed by atoms with Crippen LogP contribution in [0.2, 0.25) is 0 Å². The van der Waals surface area contributed by atoms with Crippen LogP contribution < -0.4 is 9.62 Å². The number of nitrogens with zero attached hydrogens (tertiary/aromatic N) is 2. The van der Waals surface area contributed by atoms with E-state index in [0.717, 1.165) is 28.1 Å².